The molecule has 2 aromatic rings. The van der Waals surface area contributed by atoms with E-state index < -0.39 is 10.0 Å². The highest BCUT2D eigenvalue weighted by Crippen LogP contribution is 2.25. The highest BCUT2D eigenvalue weighted by molar-refractivity contribution is 7.91. The highest BCUT2D eigenvalue weighted by Gasteiger charge is 2.15. The smallest absolute Gasteiger partial charge is 0.250 e. The summed E-state index contributed by atoms with van der Waals surface area (Å²) < 4.78 is 27.4. The van der Waals surface area contributed by atoms with Crippen LogP contribution < -0.4 is 9.62 Å². The van der Waals surface area contributed by atoms with E-state index >= 15 is 0 Å². The zero-order valence-electron chi connectivity index (χ0n) is 12.5. The Hall–Kier alpha value is -1.08. The summed E-state index contributed by atoms with van der Waals surface area (Å²) in [4.78, 5) is 2.05. The first kappa shape index (κ1) is 17.3. The van der Waals surface area contributed by atoms with Crippen molar-refractivity contribution in [2.75, 3.05) is 25.5 Å². The fourth-order valence-electron chi connectivity index (χ4n) is 1.97. The van der Waals surface area contributed by atoms with Crippen LogP contribution in [0.25, 0.3) is 0 Å². The van der Waals surface area contributed by atoms with Gasteiger partial charge >= 0.3 is 0 Å². The third-order valence-corrected chi connectivity index (χ3v) is 6.38. The van der Waals surface area contributed by atoms with Gasteiger partial charge < -0.3 is 4.90 Å². The maximum Gasteiger partial charge on any atom is 0.250 e. The Kier molecular flexibility index (Phi) is 5.86. The van der Waals surface area contributed by atoms with E-state index in [9.17, 15) is 8.42 Å². The molecule has 1 heterocycles. The van der Waals surface area contributed by atoms with Gasteiger partial charge in [0.1, 0.15) is 4.21 Å². The Balaban J connectivity index is 1.82. The summed E-state index contributed by atoms with van der Waals surface area (Å²) in [6.07, 6.45) is 1.58. The number of hydrogen-bond donors (Lipinski definition) is 1. The second-order valence-electron chi connectivity index (χ2n) is 5.12. The largest absolute Gasteiger partial charge is 0.378 e. The van der Waals surface area contributed by atoms with Crippen molar-refractivity contribution >= 4 is 38.6 Å². The molecule has 2 rings (SSSR count). The molecule has 0 aliphatic heterocycles. The predicted octanol–water partition coefficient (Wildman–Crippen LogP) is 3.38. The van der Waals surface area contributed by atoms with E-state index in [0.717, 1.165) is 29.9 Å². The number of halogens is 1. The first-order valence-corrected chi connectivity index (χ1v) is 9.57. The lowest BCUT2D eigenvalue weighted by Crippen LogP contribution is -2.24. The van der Waals surface area contributed by atoms with E-state index in [0.29, 0.717) is 10.9 Å². The fraction of sp³-hybridized carbons (Fsp3) is 0.333. The van der Waals surface area contributed by atoms with Crippen LogP contribution in [0.5, 0.6) is 0 Å². The molecule has 0 unspecified atom stereocenters. The number of nitrogens with one attached hydrogen (secondary N) is 1. The maximum absolute atomic E-state index is 12.0. The molecular weight excluding hydrogens is 340 g/mol. The molecular formula is C15H19ClN2O2S2. The Labute approximate surface area is 140 Å². The summed E-state index contributed by atoms with van der Waals surface area (Å²) in [6.45, 7) is 0.410. The first-order valence-electron chi connectivity index (χ1n) is 6.90. The fourth-order valence-corrected chi connectivity index (χ4v) is 4.57. The minimum absolute atomic E-state index is 0.257. The topological polar surface area (TPSA) is 49.4 Å². The van der Waals surface area contributed by atoms with Gasteiger partial charge in [0.15, 0.2) is 0 Å². The van der Waals surface area contributed by atoms with E-state index in [1.807, 2.05) is 19.0 Å². The van der Waals surface area contributed by atoms with Crippen molar-refractivity contribution in [2.24, 2.45) is 0 Å². The maximum atomic E-state index is 12.0. The molecule has 7 heteroatoms. The van der Waals surface area contributed by atoms with Gasteiger partial charge in [-0.3, -0.25) is 0 Å². The van der Waals surface area contributed by atoms with Gasteiger partial charge in [-0.15, -0.1) is 11.3 Å². The average molecular weight is 359 g/mol. The minimum atomic E-state index is -3.43. The van der Waals surface area contributed by atoms with Gasteiger partial charge in [-0.25, -0.2) is 13.1 Å². The summed E-state index contributed by atoms with van der Waals surface area (Å²) in [6, 6.07) is 11.4. The van der Waals surface area contributed by atoms with Crippen molar-refractivity contribution < 1.29 is 8.42 Å². The summed E-state index contributed by atoms with van der Waals surface area (Å²) >= 11 is 6.83. The molecule has 4 nitrogen and oxygen atoms in total. The standard InChI is InChI=1S/C15H19ClN2O2S2/c1-18(2)13-7-5-12(6-8-13)4-3-11-17-22(19,20)15-10-9-14(16)21-15/h5-10,17H,3-4,11H2,1-2H3. The van der Waals surface area contributed by atoms with Crippen molar-refractivity contribution in [3.05, 3.63) is 46.3 Å². The third-order valence-electron chi connectivity index (χ3n) is 3.20. The van der Waals surface area contributed by atoms with E-state index in [1.54, 1.807) is 6.07 Å². The van der Waals surface area contributed by atoms with Gasteiger partial charge in [0, 0.05) is 26.3 Å². The van der Waals surface area contributed by atoms with E-state index in [4.69, 9.17) is 11.6 Å². The number of sulfonamides is 1. The number of rotatable bonds is 7. The number of hydrogen-bond acceptors (Lipinski definition) is 4. The van der Waals surface area contributed by atoms with Crippen LogP contribution in [0.4, 0.5) is 5.69 Å². The van der Waals surface area contributed by atoms with Crippen molar-refractivity contribution in [1.29, 1.82) is 0 Å². The molecule has 0 aliphatic rings. The molecule has 1 aromatic heterocycles. The molecule has 0 radical (unpaired) electrons. The molecule has 0 amide bonds. The number of thiophene rings is 1. The van der Waals surface area contributed by atoms with E-state index in [1.165, 1.54) is 11.6 Å². The second-order valence-corrected chi connectivity index (χ2v) is 8.83. The van der Waals surface area contributed by atoms with Crippen molar-refractivity contribution in [3.8, 4) is 0 Å². The van der Waals surface area contributed by atoms with Gasteiger partial charge in [0.25, 0.3) is 0 Å². The SMILES string of the molecule is CN(C)c1ccc(CCCNS(=O)(=O)c2ccc(Cl)s2)cc1. The average Bonchev–Trinajstić information content (AvgIpc) is 2.92. The molecule has 0 saturated heterocycles. The summed E-state index contributed by atoms with van der Waals surface area (Å²) in [5, 5.41) is 0. The minimum Gasteiger partial charge on any atom is -0.378 e. The Morgan fingerprint density at radius 2 is 1.82 bits per heavy atom. The van der Waals surface area contributed by atoms with Crippen molar-refractivity contribution in [1.82, 2.24) is 4.72 Å². The van der Waals surface area contributed by atoms with Crippen LogP contribution in [0.2, 0.25) is 4.34 Å². The number of nitrogens with zero attached hydrogens (tertiary/aromatic N) is 1. The summed E-state index contributed by atoms with van der Waals surface area (Å²) in [7, 11) is 0.567. The monoisotopic (exact) mass is 358 g/mol. The number of aryl methyl sites for hydroxylation is 1. The van der Waals surface area contributed by atoms with Crippen LogP contribution in [0.3, 0.4) is 0 Å². The second kappa shape index (κ2) is 7.46. The Bertz CT molecular complexity index is 709. The molecule has 0 atom stereocenters. The zero-order chi connectivity index (χ0) is 16.2. The van der Waals surface area contributed by atoms with Crippen LogP contribution >= 0.6 is 22.9 Å². The normalized spacial score (nSPS) is 11.6. The van der Waals surface area contributed by atoms with Gasteiger partial charge in [-0.1, -0.05) is 23.7 Å². The van der Waals surface area contributed by atoms with E-state index in [2.05, 4.69) is 29.0 Å². The number of benzene rings is 1. The molecule has 0 bridgehead atoms. The molecule has 0 fully saturated rings. The van der Waals surface area contributed by atoms with E-state index in [-0.39, 0.29) is 4.21 Å². The van der Waals surface area contributed by atoms with Crippen molar-refractivity contribution in [3.63, 3.8) is 0 Å². The predicted molar refractivity (Wildman–Crippen MR) is 93.6 cm³/mol. The quantitative estimate of drug-likeness (QED) is 0.772. The molecule has 1 aromatic carbocycles. The summed E-state index contributed by atoms with van der Waals surface area (Å²) in [5.74, 6) is 0. The molecule has 0 aliphatic carbocycles. The van der Waals surface area contributed by atoms with Crippen LogP contribution in [0.15, 0.2) is 40.6 Å². The molecule has 1 N–H and O–H groups in total. The van der Waals surface area contributed by atoms with Crippen LogP contribution in [0, 0.1) is 0 Å². The van der Waals surface area contributed by atoms with Crippen LogP contribution in [-0.2, 0) is 16.4 Å². The lowest BCUT2D eigenvalue weighted by atomic mass is 10.1. The zero-order valence-corrected chi connectivity index (χ0v) is 14.9. The first-order chi connectivity index (χ1) is 10.4. The lowest BCUT2D eigenvalue weighted by Gasteiger charge is -2.12. The molecule has 22 heavy (non-hydrogen) atoms. The van der Waals surface area contributed by atoms with Crippen molar-refractivity contribution in [2.45, 2.75) is 17.1 Å². The third kappa shape index (κ3) is 4.71. The van der Waals surface area contributed by atoms with Crippen LogP contribution in [-0.4, -0.2) is 29.1 Å². The number of anilines is 1. The molecule has 120 valence electrons. The highest BCUT2D eigenvalue weighted by atomic mass is 35.5. The van der Waals surface area contributed by atoms with Gasteiger partial charge in [0.05, 0.1) is 4.34 Å². The Morgan fingerprint density at radius 3 is 2.36 bits per heavy atom. The Morgan fingerprint density at radius 1 is 1.14 bits per heavy atom. The van der Waals surface area contributed by atoms with Gasteiger partial charge in [-0.2, -0.15) is 0 Å². The van der Waals surface area contributed by atoms with Gasteiger partial charge in [0.2, 0.25) is 10.0 Å². The van der Waals surface area contributed by atoms with Gasteiger partial charge in [-0.05, 0) is 42.7 Å². The lowest BCUT2D eigenvalue weighted by molar-refractivity contribution is 0.581. The summed E-state index contributed by atoms with van der Waals surface area (Å²) in [5.41, 5.74) is 2.35. The molecule has 0 spiro atoms. The molecule has 0 saturated carbocycles. The van der Waals surface area contributed by atoms with Crippen LogP contribution in [0.1, 0.15) is 12.0 Å².